The zero-order valence-corrected chi connectivity index (χ0v) is 13.8. The molecule has 0 radical (unpaired) electrons. The van der Waals surface area contributed by atoms with Crippen molar-refractivity contribution in [3.8, 4) is 0 Å². The van der Waals surface area contributed by atoms with Crippen LogP contribution in [0.25, 0.3) is 0 Å². The van der Waals surface area contributed by atoms with Crippen molar-refractivity contribution >= 4 is 23.4 Å². The van der Waals surface area contributed by atoms with Crippen LogP contribution in [-0.2, 0) is 11.8 Å². The molecule has 0 saturated carbocycles. The fourth-order valence-electron chi connectivity index (χ4n) is 2.75. The van der Waals surface area contributed by atoms with Gasteiger partial charge in [0, 0.05) is 25.5 Å². The molecule has 22 heavy (non-hydrogen) atoms. The third-order valence-electron chi connectivity index (χ3n) is 4.08. The smallest absolute Gasteiger partial charge is 0.240 e. The SMILES string of the molecule is C[C@H](CS[C@H]1CCN(c2cnn(C)c2)C1=O)c1ccccc1. The van der Waals surface area contributed by atoms with E-state index in [1.54, 1.807) is 22.6 Å². The zero-order valence-electron chi connectivity index (χ0n) is 13.0. The Kier molecular flexibility index (Phi) is 4.52. The van der Waals surface area contributed by atoms with E-state index in [-0.39, 0.29) is 11.2 Å². The molecule has 1 amide bonds. The highest BCUT2D eigenvalue weighted by molar-refractivity contribution is 8.00. The van der Waals surface area contributed by atoms with E-state index in [9.17, 15) is 4.79 Å². The van der Waals surface area contributed by atoms with E-state index in [1.807, 2.05) is 24.2 Å². The Morgan fingerprint density at radius 2 is 2.14 bits per heavy atom. The summed E-state index contributed by atoms with van der Waals surface area (Å²) in [6, 6.07) is 10.5. The largest absolute Gasteiger partial charge is 0.308 e. The fourth-order valence-corrected chi connectivity index (χ4v) is 4.01. The molecule has 0 spiro atoms. The molecular formula is C17H21N3OS. The maximum atomic E-state index is 12.5. The zero-order chi connectivity index (χ0) is 15.5. The van der Waals surface area contributed by atoms with Crippen LogP contribution in [0.3, 0.4) is 0 Å². The number of hydrogen-bond acceptors (Lipinski definition) is 3. The normalized spacial score (nSPS) is 19.6. The number of amides is 1. The van der Waals surface area contributed by atoms with Crippen molar-refractivity contribution in [3.05, 3.63) is 48.3 Å². The molecule has 1 fully saturated rings. The van der Waals surface area contributed by atoms with Crippen LogP contribution in [-0.4, -0.2) is 33.2 Å². The summed E-state index contributed by atoms with van der Waals surface area (Å²) in [4.78, 5) is 14.4. The number of thioether (sulfide) groups is 1. The molecule has 3 rings (SSSR count). The molecule has 2 atom stereocenters. The molecule has 2 heterocycles. The van der Waals surface area contributed by atoms with Gasteiger partial charge in [0.2, 0.25) is 5.91 Å². The molecule has 0 N–H and O–H groups in total. The molecule has 0 bridgehead atoms. The lowest BCUT2D eigenvalue weighted by Gasteiger charge is -2.16. The minimum absolute atomic E-state index is 0.0753. The van der Waals surface area contributed by atoms with Gasteiger partial charge in [0.25, 0.3) is 0 Å². The minimum atomic E-state index is 0.0753. The molecule has 116 valence electrons. The highest BCUT2D eigenvalue weighted by Gasteiger charge is 2.33. The topological polar surface area (TPSA) is 38.1 Å². The van der Waals surface area contributed by atoms with Crippen molar-refractivity contribution in [3.63, 3.8) is 0 Å². The molecule has 1 saturated heterocycles. The standard InChI is InChI=1S/C17H21N3OS/c1-13(14-6-4-3-5-7-14)12-22-16-8-9-20(17(16)21)15-10-18-19(2)11-15/h3-7,10-11,13,16H,8-9,12H2,1-2H3/t13-,16+/m1/s1. The molecule has 5 heteroatoms. The highest BCUT2D eigenvalue weighted by atomic mass is 32.2. The van der Waals surface area contributed by atoms with E-state index in [0.29, 0.717) is 5.92 Å². The van der Waals surface area contributed by atoms with Gasteiger partial charge in [-0.25, -0.2) is 0 Å². The Bertz CT molecular complexity index is 640. The van der Waals surface area contributed by atoms with Crippen LogP contribution in [0.2, 0.25) is 0 Å². The summed E-state index contributed by atoms with van der Waals surface area (Å²) in [6.07, 6.45) is 4.58. The predicted molar refractivity (Wildman–Crippen MR) is 91.3 cm³/mol. The summed E-state index contributed by atoms with van der Waals surface area (Å²) in [5.41, 5.74) is 2.25. The third kappa shape index (κ3) is 3.19. The monoisotopic (exact) mass is 315 g/mol. The van der Waals surface area contributed by atoms with Crippen molar-refractivity contribution in [2.24, 2.45) is 7.05 Å². The van der Waals surface area contributed by atoms with Gasteiger partial charge in [0.15, 0.2) is 0 Å². The number of carbonyl (C=O) groups is 1. The predicted octanol–water partition coefficient (Wildman–Crippen LogP) is 3.06. The highest BCUT2D eigenvalue weighted by Crippen LogP contribution is 2.31. The summed E-state index contributed by atoms with van der Waals surface area (Å²) in [5, 5.41) is 4.23. The number of hydrogen-bond donors (Lipinski definition) is 0. The van der Waals surface area contributed by atoms with E-state index in [4.69, 9.17) is 0 Å². The Balaban J connectivity index is 1.57. The van der Waals surface area contributed by atoms with Crippen LogP contribution >= 0.6 is 11.8 Å². The van der Waals surface area contributed by atoms with E-state index in [1.165, 1.54) is 5.56 Å². The number of carbonyl (C=O) groups excluding carboxylic acids is 1. The summed E-state index contributed by atoms with van der Waals surface area (Å²) < 4.78 is 1.74. The van der Waals surface area contributed by atoms with Crippen LogP contribution < -0.4 is 4.90 Å². The molecule has 4 nitrogen and oxygen atoms in total. The van der Waals surface area contributed by atoms with Gasteiger partial charge < -0.3 is 4.90 Å². The summed E-state index contributed by atoms with van der Waals surface area (Å²) in [5.74, 6) is 1.66. The van der Waals surface area contributed by atoms with Gasteiger partial charge in [0.05, 0.1) is 17.1 Å². The van der Waals surface area contributed by atoms with Gasteiger partial charge in [-0.3, -0.25) is 9.48 Å². The van der Waals surface area contributed by atoms with Crippen molar-refractivity contribution in [1.29, 1.82) is 0 Å². The number of benzene rings is 1. The molecule has 0 aliphatic carbocycles. The minimum Gasteiger partial charge on any atom is -0.308 e. The van der Waals surface area contributed by atoms with Crippen LogP contribution in [0, 0.1) is 0 Å². The number of rotatable bonds is 5. The van der Waals surface area contributed by atoms with Crippen LogP contribution in [0.4, 0.5) is 5.69 Å². The number of nitrogens with zero attached hydrogens (tertiary/aromatic N) is 3. The molecule has 0 unspecified atom stereocenters. The molecular weight excluding hydrogens is 294 g/mol. The lowest BCUT2D eigenvalue weighted by atomic mass is 10.0. The Labute approximate surface area is 135 Å². The van der Waals surface area contributed by atoms with Gasteiger partial charge in [-0.1, -0.05) is 37.3 Å². The van der Waals surface area contributed by atoms with Crippen molar-refractivity contribution < 1.29 is 4.79 Å². The average molecular weight is 315 g/mol. The fraction of sp³-hybridized carbons (Fsp3) is 0.412. The van der Waals surface area contributed by atoms with Crippen LogP contribution in [0.15, 0.2) is 42.7 Å². The Morgan fingerprint density at radius 1 is 1.36 bits per heavy atom. The third-order valence-corrected chi connectivity index (χ3v) is 5.61. The van der Waals surface area contributed by atoms with E-state index < -0.39 is 0 Å². The number of aryl methyl sites for hydroxylation is 1. The summed E-state index contributed by atoms with van der Waals surface area (Å²) >= 11 is 1.78. The van der Waals surface area contributed by atoms with E-state index in [2.05, 4.69) is 36.3 Å². The second-order valence-electron chi connectivity index (χ2n) is 5.78. The molecule has 1 aliphatic rings. The number of aromatic nitrogens is 2. The van der Waals surface area contributed by atoms with Crippen molar-refractivity contribution in [1.82, 2.24) is 9.78 Å². The Hall–Kier alpha value is -1.75. The lowest BCUT2D eigenvalue weighted by Crippen LogP contribution is -2.28. The summed E-state index contributed by atoms with van der Waals surface area (Å²) in [7, 11) is 1.87. The van der Waals surface area contributed by atoms with Crippen molar-refractivity contribution in [2.75, 3.05) is 17.2 Å². The van der Waals surface area contributed by atoms with Crippen molar-refractivity contribution in [2.45, 2.75) is 24.5 Å². The first-order valence-corrected chi connectivity index (χ1v) is 8.66. The maximum absolute atomic E-state index is 12.5. The molecule has 2 aromatic rings. The molecule has 1 aromatic heterocycles. The summed E-state index contributed by atoms with van der Waals surface area (Å²) in [6.45, 7) is 3.02. The Morgan fingerprint density at radius 3 is 2.82 bits per heavy atom. The van der Waals surface area contributed by atoms with E-state index in [0.717, 1.165) is 24.4 Å². The second-order valence-corrected chi connectivity index (χ2v) is 7.02. The van der Waals surface area contributed by atoms with Gasteiger partial charge in [0.1, 0.15) is 0 Å². The molecule has 1 aliphatic heterocycles. The van der Waals surface area contributed by atoms with Gasteiger partial charge in [-0.15, -0.1) is 11.8 Å². The van der Waals surface area contributed by atoms with Crippen LogP contribution in [0.1, 0.15) is 24.8 Å². The first-order chi connectivity index (χ1) is 10.6. The van der Waals surface area contributed by atoms with Gasteiger partial charge in [-0.05, 0) is 17.9 Å². The average Bonchev–Trinajstić information content (AvgIpc) is 3.12. The van der Waals surface area contributed by atoms with Crippen LogP contribution in [0.5, 0.6) is 0 Å². The first kappa shape index (κ1) is 15.2. The number of anilines is 1. The maximum Gasteiger partial charge on any atom is 0.240 e. The second kappa shape index (κ2) is 6.57. The van der Waals surface area contributed by atoms with Gasteiger partial charge in [-0.2, -0.15) is 5.10 Å². The first-order valence-electron chi connectivity index (χ1n) is 7.61. The lowest BCUT2D eigenvalue weighted by molar-refractivity contribution is -0.116. The van der Waals surface area contributed by atoms with E-state index >= 15 is 0 Å². The van der Waals surface area contributed by atoms with Gasteiger partial charge >= 0.3 is 0 Å². The molecule has 1 aromatic carbocycles. The quantitative estimate of drug-likeness (QED) is 0.851.